The Hall–Kier alpha value is -4.80. The summed E-state index contributed by atoms with van der Waals surface area (Å²) in [6.45, 7) is 4.69. The molecule has 1 saturated heterocycles. The molecule has 9 rings (SSSR count). The first kappa shape index (κ1) is 26.6. The molecule has 7 aromatic carbocycles. The average Bonchev–Trinajstić information content (AvgIpc) is 3.33. The van der Waals surface area contributed by atoms with Gasteiger partial charge in [-0.2, -0.15) is 0 Å². The fourth-order valence-electron chi connectivity index (χ4n) is 7.94. The molecule has 1 aliphatic heterocycles. The van der Waals surface area contributed by atoms with Crippen LogP contribution in [-0.2, 0) is 5.41 Å². The maximum absolute atomic E-state index is 4.05. The fraction of sp³-hybridized carbons (Fsp3) is 0.143. The van der Waals surface area contributed by atoms with Crippen LogP contribution in [0.2, 0.25) is 0 Å². The van der Waals surface area contributed by atoms with Crippen LogP contribution in [0.5, 0.6) is 0 Å². The van der Waals surface area contributed by atoms with Gasteiger partial charge in [0, 0.05) is 5.41 Å². The van der Waals surface area contributed by atoms with Gasteiger partial charge in [-0.05, 0) is 83.4 Å². The minimum absolute atomic E-state index is 0.0164. The van der Waals surface area contributed by atoms with Crippen LogP contribution in [-0.4, -0.2) is 0 Å². The zero-order valence-electron chi connectivity index (χ0n) is 25.5. The van der Waals surface area contributed by atoms with Crippen LogP contribution in [0, 0.1) is 0 Å². The molecular weight excluding hydrogens is 546 g/mol. The molecule has 3 N–H and O–H groups in total. The number of rotatable bonds is 3. The van der Waals surface area contributed by atoms with E-state index in [9.17, 15) is 0 Å². The Morgan fingerprint density at radius 3 is 1.91 bits per heavy atom. The Labute approximate surface area is 263 Å². The van der Waals surface area contributed by atoms with Crippen LogP contribution < -0.4 is 16.0 Å². The van der Waals surface area contributed by atoms with Crippen LogP contribution in [0.15, 0.2) is 140 Å². The van der Waals surface area contributed by atoms with Gasteiger partial charge in [-0.25, -0.2) is 0 Å². The second-order valence-electron chi connectivity index (χ2n) is 13.1. The van der Waals surface area contributed by atoms with Crippen LogP contribution in [0.25, 0.3) is 43.4 Å². The number of fused-ring (bicyclic) bond motifs is 7. The highest BCUT2D eigenvalue weighted by molar-refractivity contribution is 6.15. The monoisotopic (exact) mass is 581 g/mol. The predicted molar refractivity (Wildman–Crippen MR) is 187 cm³/mol. The van der Waals surface area contributed by atoms with Crippen molar-refractivity contribution >= 4 is 32.3 Å². The van der Waals surface area contributed by atoms with Gasteiger partial charge in [0.25, 0.3) is 0 Å². The normalized spacial score (nSPS) is 20.4. The van der Waals surface area contributed by atoms with E-state index in [1.807, 2.05) is 0 Å². The summed E-state index contributed by atoms with van der Waals surface area (Å²) in [6.07, 6.45) is -0.243. The first-order valence-electron chi connectivity index (χ1n) is 16.0. The van der Waals surface area contributed by atoms with E-state index in [4.69, 9.17) is 0 Å². The lowest BCUT2D eigenvalue weighted by molar-refractivity contribution is 0.205. The summed E-state index contributed by atoms with van der Waals surface area (Å²) in [5.74, 6) is 0. The molecule has 1 fully saturated rings. The maximum Gasteiger partial charge on any atom is 0.0876 e. The third-order valence-electron chi connectivity index (χ3n) is 10.2. The third-order valence-corrected chi connectivity index (χ3v) is 10.2. The zero-order valence-corrected chi connectivity index (χ0v) is 25.5. The van der Waals surface area contributed by atoms with Crippen molar-refractivity contribution in [3.63, 3.8) is 0 Å². The Morgan fingerprint density at radius 1 is 0.444 bits per heavy atom. The molecular formula is C42H35N3. The smallest absolute Gasteiger partial charge is 0.0876 e. The van der Waals surface area contributed by atoms with Crippen molar-refractivity contribution in [1.82, 2.24) is 16.0 Å². The molecule has 2 aliphatic rings. The molecule has 3 heteroatoms. The molecule has 7 aromatic rings. The van der Waals surface area contributed by atoms with Crippen molar-refractivity contribution in [3.05, 3.63) is 167 Å². The standard InChI is InChI=1S/C42H35N3/c1-42(2)35-19-11-10-18-33(35)34-25-30(22-23-36(34)42)40-43-39(27-13-4-3-5-14-27)44-41(45-40)38-32-17-9-7-15-28(32)24-29-21-20-26-12-6-8-16-31(26)37(29)38/h3-25,39-41,43-45H,1-2H3. The van der Waals surface area contributed by atoms with E-state index in [-0.39, 0.29) is 23.9 Å². The Morgan fingerprint density at radius 2 is 1.07 bits per heavy atom. The molecule has 3 nitrogen and oxygen atoms in total. The molecule has 218 valence electrons. The largest absolute Gasteiger partial charge is 0.279 e. The number of benzene rings is 7. The van der Waals surface area contributed by atoms with Gasteiger partial charge >= 0.3 is 0 Å². The summed E-state index contributed by atoms with van der Waals surface area (Å²) in [5.41, 5.74) is 9.21. The van der Waals surface area contributed by atoms with E-state index >= 15 is 0 Å². The van der Waals surface area contributed by atoms with E-state index in [2.05, 4.69) is 169 Å². The van der Waals surface area contributed by atoms with Gasteiger partial charge in [-0.1, -0.05) is 141 Å². The molecule has 0 amide bonds. The van der Waals surface area contributed by atoms with Crippen LogP contribution >= 0.6 is 0 Å². The van der Waals surface area contributed by atoms with Crippen molar-refractivity contribution in [2.24, 2.45) is 0 Å². The molecule has 3 atom stereocenters. The second-order valence-corrected chi connectivity index (χ2v) is 13.1. The van der Waals surface area contributed by atoms with Gasteiger partial charge < -0.3 is 0 Å². The highest BCUT2D eigenvalue weighted by Crippen LogP contribution is 2.49. The molecule has 0 bridgehead atoms. The van der Waals surface area contributed by atoms with E-state index in [0.29, 0.717) is 0 Å². The molecule has 0 aromatic heterocycles. The van der Waals surface area contributed by atoms with Gasteiger partial charge in [0.05, 0.1) is 18.5 Å². The summed E-state index contributed by atoms with van der Waals surface area (Å²) in [5, 5.41) is 19.6. The van der Waals surface area contributed by atoms with Crippen molar-refractivity contribution in [3.8, 4) is 11.1 Å². The van der Waals surface area contributed by atoms with E-state index in [1.54, 1.807) is 0 Å². The second kappa shape index (κ2) is 10.1. The van der Waals surface area contributed by atoms with E-state index < -0.39 is 0 Å². The van der Waals surface area contributed by atoms with Crippen LogP contribution in [0.3, 0.4) is 0 Å². The lowest BCUT2D eigenvalue weighted by Crippen LogP contribution is -2.54. The third kappa shape index (κ3) is 4.16. The van der Waals surface area contributed by atoms with Crippen LogP contribution in [0.1, 0.15) is 60.2 Å². The minimum Gasteiger partial charge on any atom is -0.279 e. The molecule has 1 heterocycles. The fourth-order valence-corrected chi connectivity index (χ4v) is 7.94. The topological polar surface area (TPSA) is 36.1 Å². The molecule has 0 spiro atoms. The summed E-state index contributed by atoms with van der Waals surface area (Å²) < 4.78 is 0. The van der Waals surface area contributed by atoms with Crippen LogP contribution in [0.4, 0.5) is 0 Å². The molecule has 0 saturated carbocycles. The summed E-state index contributed by atoms with van der Waals surface area (Å²) >= 11 is 0. The van der Waals surface area contributed by atoms with Gasteiger partial charge in [-0.3, -0.25) is 16.0 Å². The van der Waals surface area contributed by atoms with Crippen molar-refractivity contribution in [2.75, 3.05) is 0 Å². The van der Waals surface area contributed by atoms with Crippen molar-refractivity contribution in [2.45, 2.75) is 37.8 Å². The minimum atomic E-state index is -0.113. The summed E-state index contributed by atoms with van der Waals surface area (Å²) in [6, 6.07) is 51.2. The van der Waals surface area contributed by atoms with Gasteiger partial charge in [-0.15, -0.1) is 0 Å². The maximum atomic E-state index is 4.05. The highest BCUT2D eigenvalue weighted by Gasteiger charge is 2.37. The molecule has 45 heavy (non-hydrogen) atoms. The molecule has 1 aliphatic carbocycles. The molecule has 3 unspecified atom stereocenters. The van der Waals surface area contributed by atoms with Gasteiger partial charge in [0.2, 0.25) is 0 Å². The number of hydrogen-bond donors (Lipinski definition) is 3. The first-order valence-corrected chi connectivity index (χ1v) is 16.0. The van der Waals surface area contributed by atoms with Gasteiger partial charge in [0.1, 0.15) is 0 Å². The predicted octanol–water partition coefficient (Wildman–Crippen LogP) is 9.63. The Kier molecular flexibility index (Phi) is 5.98. The lowest BCUT2D eigenvalue weighted by Gasteiger charge is -2.40. The average molecular weight is 582 g/mol. The number of nitrogens with one attached hydrogen (secondary N) is 3. The van der Waals surface area contributed by atoms with Gasteiger partial charge in [0.15, 0.2) is 0 Å². The molecule has 0 radical (unpaired) electrons. The highest BCUT2D eigenvalue weighted by atomic mass is 15.4. The quantitative estimate of drug-likeness (QED) is 0.144. The van der Waals surface area contributed by atoms with E-state index in [1.165, 1.54) is 71.3 Å². The Bertz CT molecular complexity index is 2250. The zero-order chi connectivity index (χ0) is 30.1. The van der Waals surface area contributed by atoms with Crippen molar-refractivity contribution in [1.29, 1.82) is 0 Å². The summed E-state index contributed by atoms with van der Waals surface area (Å²) in [4.78, 5) is 0. The first-order chi connectivity index (χ1) is 22.1. The number of hydrogen-bond acceptors (Lipinski definition) is 3. The summed E-state index contributed by atoms with van der Waals surface area (Å²) in [7, 11) is 0. The SMILES string of the molecule is CC1(C)c2ccccc2-c2cc(C3NC(c4ccccc4)NC(c4c5ccccc5cc5ccc6ccccc6c45)N3)ccc21. The van der Waals surface area contributed by atoms with E-state index in [0.717, 1.165) is 0 Å². The Balaban J connectivity index is 1.24. The lowest BCUT2D eigenvalue weighted by atomic mass is 9.82. The van der Waals surface area contributed by atoms with Crippen molar-refractivity contribution < 1.29 is 0 Å².